The fraction of sp³-hybridized carbons (Fsp3) is 0.900. The van der Waals surface area contributed by atoms with Gasteiger partial charge in [0.25, 0.3) is 0 Å². The Bertz CT molecular complexity index is 198. The third-order valence-electron chi connectivity index (χ3n) is 2.40. The van der Waals surface area contributed by atoms with Gasteiger partial charge in [0, 0.05) is 19.7 Å². The normalized spacial score (nSPS) is 18.4. The number of ether oxygens (including phenoxy) is 2. The van der Waals surface area contributed by atoms with Gasteiger partial charge in [-0.3, -0.25) is 5.41 Å². The lowest BCUT2D eigenvalue weighted by Gasteiger charge is -2.36. The topological polar surface area (TPSA) is 45.5 Å². The molecule has 0 aliphatic carbocycles. The van der Waals surface area contributed by atoms with Crippen LogP contribution in [0.2, 0.25) is 0 Å². The van der Waals surface area contributed by atoms with Crippen molar-refractivity contribution in [1.29, 1.82) is 5.41 Å². The maximum Gasteiger partial charge on any atom is 0.128 e. The molecule has 0 saturated carbocycles. The lowest BCUT2D eigenvalue weighted by Crippen LogP contribution is -2.50. The zero-order valence-corrected chi connectivity index (χ0v) is 9.30. The molecule has 1 fully saturated rings. The summed E-state index contributed by atoms with van der Waals surface area (Å²) < 4.78 is 10.8. The smallest absolute Gasteiger partial charge is 0.128 e. The largest absolute Gasteiger partial charge is 0.378 e. The average Bonchev–Trinajstić information content (AvgIpc) is 2.18. The highest BCUT2D eigenvalue weighted by molar-refractivity contribution is 5.87. The summed E-state index contributed by atoms with van der Waals surface area (Å²) in [5, 5.41) is 8.03. The number of hydrogen-bond acceptors (Lipinski definition) is 3. The molecule has 0 atom stereocenters. The van der Waals surface area contributed by atoms with Crippen LogP contribution >= 0.6 is 0 Å². The van der Waals surface area contributed by atoms with E-state index in [0.29, 0.717) is 25.7 Å². The molecule has 1 rings (SSSR count). The van der Waals surface area contributed by atoms with Crippen LogP contribution in [-0.2, 0) is 9.47 Å². The Labute approximate surface area is 85.7 Å². The second-order valence-corrected chi connectivity index (χ2v) is 3.89. The predicted molar refractivity (Wildman–Crippen MR) is 55.8 cm³/mol. The zero-order chi connectivity index (χ0) is 10.6. The molecule has 1 N–H and O–H groups in total. The fourth-order valence-electron chi connectivity index (χ4n) is 1.60. The van der Waals surface area contributed by atoms with Crippen LogP contribution in [0.1, 0.15) is 20.8 Å². The second-order valence-electron chi connectivity index (χ2n) is 3.89. The molecule has 1 aliphatic rings. The number of nitrogens with one attached hydrogen (secondary N) is 1. The van der Waals surface area contributed by atoms with Crippen LogP contribution < -0.4 is 0 Å². The molecule has 0 aromatic heterocycles. The number of hydrogen-bond donors (Lipinski definition) is 1. The van der Waals surface area contributed by atoms with Gasteiger partial charge in [-0.25, -0.2) is 0 Å². The molecule has 0 unspecified atom stereocenters. The van der Waals surface area contributed by atoms with Crippen LogP contribution in [-0.4, -0.2) is 49.2 Å². The van der Waals surface area contributed by atoms with Crippen molar-refractivity contribution >= 4 is 5.84 Å². The minimum Gasteiger partial charge on any atom is -0.378 e. The van der Waals surface area contributed by atoms with E-state index in [-0.39, 0.29) is 0 Å². The van der Waals surface area contributed by atoms with E-state index in [1.165, 1.54) is 0 Å². The van der Waals surface area contributed by atoms with Crippen LogP contribution in [0.3, 0.4) is 0 Å². The molecule has 0 aromatic carbocycles. The molecule has 0 bridgehead atoms. The van der Waals surface area contributed by atoms with E-state index in [0.717, 1.165) is 13.1 Å². The molecular formula is C10H20N2O2. The van der Waals surface area contributed by atoms with Crippen LogP contribution in [0.5, 0.6) is 0 Å². The van der Waals surface area contributed by atoms with Gasteiger partial charge in [-0.15, -0.1) is 0 Å². The molecule has 14 heavy (non-hydrogen) atoms. The first kappa shape index (κ1) is 11.5. The van der Waals surface area contributed by atoms with Gasteiger partial charge in [0.1, 0.15) is 11.4 Å². The molecule has 82 valence electrons. The van der Waals surface area contributed by atoms with Crippen molar-refractivity contribution in [2.45, 2.75) is 26.4 Å². The highest BCUT2D eigenvalue weighted by Crippen LogP contribution is 2.14. The van der Waals surface area contributed by atoms with Gasteiger partial charge in [-0.05, 0) is 20.8 Å². The minimum absolute atomic E-state index is 0.480. The summed E-state index contributed by atoms with van der Waals surface area (Å²) in [6.45, 7) is 9.50. The van der Waals surface area contributed by atoms with Crippen molar-refractivity contribution in [3.63, 3.8) is 0 Å². The maximum absolute atomic E-state index is 8.03. The first-order valence-corrected chi connectivity index (χ1v) is 5.13. The highest BCUT2D eigenvalue weighted by atomic mass is 16.5. The minimum atomic E-state index is -0.480. The Kier molecular flexibility index (Phi) is 3.89. The van der Waals surface area contributed by atoms with Crippen molar-refractivity contribution < 1.29 is 9.47 Å². The summed E-state index contributed by atoms with van der Waals surface area (Å²) in [7, 11) is 0. The van der Waals surface area contributed by atoms with Crippen LogP contribution in [0.25, 0.3) is 0 Å². The van der Waals surface area contributed by atoms with Crippen molar-refractivity contribution in [3.05, 3.63) is 0 Å². The molecule has 0 radical (unpaired) electrons. The first-order chi connectivity index (χ1) is 6.58. The average molecular weight is 200 g/mol. The molecule has 4 nitrogen and oxygen atoms in total. The van der Waals surface area contributed by atoms with Gasteiger partial charge in [0.2, 0.25) is 0 Å². The summed E-state index contributed by atoms with van der Waals surface area (Å²) in [5.41, 5.74) is -0.480. The van der Waals surface area contributed by atoms with Gasteiger partial charge >= 0.3 is 0 Å². The summed E-state index contributed by atoms with van der Waals surface area (Å²) in [4.78, 5) is 2.03. The predicted octanol–water partition coefficient (Wildman–Crippen LogP) is 1.11. The van der Waals surface area contributed by atoms with Crippen molar-refractivity contribution in [1.82, 2.24) is 4.90 Å². The Morgan fingerprint density at radius 1 is 1.43 bits per heavy atom. The van der Waals surface area contributed by atoms with E-state index in [1.807, 2.05) is 25.7 Å². The third kappa shape index (κ3) is 2.69. The van der Waals surface area contributed by atoms with E-state index < -0.39 is 5.60 Å². The van der Waals surface area contributed by atoms with Gasteiger partial charge in [0.05, 0.1) is 13.2 Å². The van der Waals surface area contributed by atoms with E-state index in [9.17, 15) is 0 Å². The van der Waals surface area contributed by atoms with E-state index in [2.05, 4.69) is 0 Å². The standard InChI is InChI=1S/C10H20N2O2/c1-4-14-10(2,3)9(11)12-5-7-13-8-6-12/h11H,4-8H2,1-3H3. The third-order valence-corrected chi connectivity index (χ3v) is 2.40. The maximum atomic E-state index is 8.03. The highest BCUT2D eigenvalue weighted by Gasteiger charge is 2.29. The van der Waals surface area contributed by atoms with Crippen LogP contribution in [0, 0.1) is 5.41 Å². The number of morpholine rings is 1. The molecule has 1 saturated heterocycles. The Morgan fingerprint density at radius 2 is 2.00 bits per heavy atom. The van der Waals surface area contributed by atoms with Crippen LogP contribution in [0.4, 0.5) is 0 Å². The molecular weight excluding hydrogens is 180 g/mol. The summed E-state index contributed by atoms with van der Waals surface area (Å²) in [5.74, 6) is 0.558. The molecule has 1 heterocycles. The summed E-state index contributed by atoms with van der Waals surface area (Å²) in [6, 6.07) is 0. The lowest BCUT2D eigenvalue weighted by atomic mass is 10.1. The lowest BCUT2D eigenvalue weighted by molar-refractivity contribution is 0.0182. The van der Waals surface area contributed by atoms with Gasteiger partial charge in [-0.2, -0.15) is 0 Å². The number of rotatable bonds is 3. The monoisotopic (exact) mass is 200 g/mol. The Morgan fingerprint density at radius 3 is 2.50 bits per heavy atom. The van der Waals surface area contributed by atoms with Gasteiger partial charge in [0.15, 0.2) is 0 Å². The summed E-state index contributed by atoms with van der Waals surface area (Å²) >= 11 is 0. The van der Waals surface area contributed by atoms with E-state index >= 15 is 0 Å². The second kappa shape index (κ2) is 4.75. The quantitative estimate of drug-likeness (QED) is 0.548. The van der Waals surface area contributed by atoms with Gasteiger partial charge in [-0.1, -0.05) is 0 Å². The molecule has 4 heteroatoms. The molecule has 1 aliphatic heterocycles. The van der Waals surface area contributed by atoms with Crippen molar-refractivity contribution in [2.24, 2.45) is 0 Å². The van der Waals surface area contributed by atoms with E-state index in [4.69, 9.17) is 14.9 Å². The molecule has 0 spiro atoms. The van der Waals surface area contributed by atoms with E-state index in [1.54, 1.807) is 0 Å². The zero-order valence-electron chi connectivity index (χ0n) is 9.30. The molecule has 0 aromatic rings. The van der Waals surface area contributed by atoms with Crippen LogP contribution in [0.15, 0.2) is 0 Å². The SMILES string of the molecule is CCOC(C)(C)C(=N)N1CCOCC1. The summed E-state index contributed by atoms with van der Waals surface area (Å²) in [6.07, 6.45) is 0. The number of amidine groups is 1. The van der Waals surface area contributed by atoms with Crippen molar-refractivity contribution in [3.8, 4) is 0 Å². The fourth-order valence-corrected chi connectivity index (χ4v) is 1.60. The Balaban J connectivity index is 2.53. The van der Waals surface area contributed by atoms with Gasteiger partial charge < -0.3 is 14.4 Å². The van der Waals surface area contributed by atoms with Crippen molar-refractivity contribution in [2.75, 3.05) is 32.9 Å². The molecule has 0 amide bonds. The first-order valence-electron chi connectivity index (χ1n) is 5.13. The number of nitrogens with zero attached hydrogens (tertiary/aromatic N) is 1. The Hall–Kier alpha value is -0.610.